The molecule has 0 radical (unpaired) electrons. The van der Waals surface area contributed by atoms with Gasteiger partial charge in [0.1, 0.15) is 0 Å². The summed E-state index contributed by atoms with van der Waals surface area (Å²) in [5.41, 5.74) is 7.13. The first-order valence-corrected chi connectivity index (χ1v) is 7.05. The minimum Gasteiger partial charge on any atom is -0.398 e. The number of nitrogen functional groups attached to an aromatic ring is 1. The van der Waals surface area contributed by atoms with Crippen LogP contribution >= 0.6 is 11.6 Å². The molecule has 0 saturated carbocycles. The number of ether oxygens (including phenoxy) is 1. The number of aryl methyl sites for hydroxylation is 1. The van der Waals surface area contributed by atoms with Crippen LogP contribution in [-0.2, 0) is 11.3 Å². The molecular formula is C13H16ClN5O. The van der Waals surface area contributed by atoms with Gasteiger partial charge < -0.3 is 10.5 Å². The average molecular weight is 294 g/mol. The van der Waals surface area contributed by atoms with Gasteiger partial charge in [0, 0.05) is 18.7 Å². The van der Waals surface area contributed by atoms with Gasteiger partial charge in [-0.2, -0.15) is 0 Å². The summed E-state index contributed by atoms with van der Waals surface area (Å²) >= 11 is 6.04. The molecule has 6 nitrogen and oxygen atoms in total. The van der Waals surface area contributed by atoms with Gasteiger partial charge in [0.25, 0.3) is 0 Å². The van der Waals surface area contributed by atoms with Gasteiger partial charge in [-0.25, -0.2) is 4.68 Å². The molecule has 0 bridgehead atoms. The minimum atomic E-state index is 0.321. The Hall–Kier alpha value is -1.66. The summed E-state index contributed by atoms with van der Waals surface area (Å²) in [6, 6.07) is 5.41. The van der Waals surface area contributed by atoms with Crippen molar-refractivity contribution in [1.82, 2.24) is 20.2 Å². The molecule has 1 aliphatic rings. The SMILES string of the molecule is Nc1ccc(-c2nnnn2CCC2CCCO2)cc1Cl. The van der Waals surface area contributed by atoms with Crippen molar-refractivity contribution in [3.05, 3.63) is 23.2 Å². The summed E-state index contributed by atoms with van der Waals surface area (Å²) in [6.45, 7) is 1.59. The molecule has 1 unspecified atom stereocenters. The molecule has 1 saturated heterocycles. The monoisotopic (exact) mass is 293 g/mol. The number of hydrogen-bond acceptors (Lipinski definition) is 5. The Morgan fingerprint density at radius 1 is 1.45 bits per heavy atom. The Morgan fingerprint density at radius 2 is 2.35 bits per heavy atom. The Morgan fingerprint density at radius 3 is 3.10 bits per heavy atom. The fraction of sp³-hybridized carbons (Fsp3) is 0.462. The number of halogens is 1. The highest BCUT2D eigenvalue weighted by atomic mass is 35.5. The van der Waals surface area contributed by atoms with E-state index in [1.807, 2.05) is 6.07 Å². The van der Waals surface area contributed by atoms with Crippen LogP contribution in [0.25, 0.3) is 11.4 Å². The minimum absolute atomic E-state index is 0.321. The van der Waals surface area contributed by atoms with Gasteiger partial charge in [0.2, 0.25) is 0 Å². The van der Waals surface area contributed by atoms with E-state index < -0.39 is 0 Å². The number of hydrogen-bond donors (Lipinski definition) is 1. The van der Waals surface area contributed by atoms with Gasteiger partial charge in [0.15, 0.2) is 5.82 Å². The lowest BCUT2D eigenvalue weighted by molar-refractivity contribution is 0.0994. The average Bonchev–Trinajstić information content (AvgIpc) is 3.10. The third-order valence-electron chi connectivity index (χ3n) is 3.48. The number of tetrazole rings is 1. The molecular weight excluding hydrogens is 278 g/mol. The first-order valence-electron chi connectivity index (χ1n) is 6.67. The number of aromatic nitrogens is 4. The lowest BCUT2D eigenvalue weighted by atomic mass is 10.1. The van der Waals surface area contributed by atoms with Crippen LogP contribution in [0.15, 0.2) is 18.2 Å². The van der Waals surface area contributed by atoms with Gasteiger partial charge in [-0.1, -0.05) is 11.6 Å². The number of benzene rings is 1. The zero-order valence-corrected chi connectivity index (χ0v) is 11.8. The Bertz CT molecular complexity index is 594. The molecule has 1 fully saturated rings. The third-order valence-corrected chi connectivity index (χ3v) is 3.80. The molecule has 2 heterocycles. The van der Waals surface area contributed by atoms with Crippen molar-refractivity contribution < 1.29 is 4.74 Å². The van der Waals surface area contributed by atoms with Crippen molar-refractivity contribution in [2.24, 2.45) is 0 Å². The van der Waals surface area contributed by atoms with E-state index in [1.54, 1.807) is 16.8 Å². The van der Waals surface area contributed by atoms with E-state index in [0.717, 1.165) is 38.0 Å². The second-order valence-electron chi connectivity index (χ2n) is 4.89. The third kappa shape index (κ3) is 2.76. The van der Waals surface area contributed by atoms with E-state index in [1.165, 1.54) is 0 Å². The van der Waals surface area contributed by atoms with E-state index in [2.05, 4.69) is 15.5 Å². The zero-order chi connectivity index (χ0) is 13.9. The maximum atomic E-state index is 6.04. The molecule has 20 heavy (non-hydrogen) atoms. The van der Waals surface area contributed by atoms with Crippen LogP contribution in [0, 0.1) is 0 Å². The lowest BCUT2D eigenvalue weighted by Crippen LogP contribution is -2.12. The molecule has 106 valence electrons. The second kappa shape index (κ2) is 5.76. The Labute approximate surface area is 121 Å². The fourth-order valence-electron chi connectivity index (χ4n) is 2.37. The second-order valence-corrected chi connectivity index (χ2v) is 5.29. The van der Waals surface area contributed by atoms with E-state index in [-0.39, 0.29) is 0 Å². The molecule has 0 spiro atoms. The maximum Gasteiger partial charge on any atom is 0.182 e. The lowest BCUT2D eigenvalue weighted by Gasteiger charge is -2.10. The number of anilines is 1. The molecule has 2 aromatic rings. The van der Waals surface area contributed by atoms with E-state index in [9.17, 15) is 0 Å². The molecule has 1 atom stereocenters. The molecule has 1 aromatic carbocycles. The molecule has 3 rings (SSSR count). The van der Waals surface area contributed by atoms with Crippen molar-refractivity contribution in [2.75, 3.05) is 12.3 Å². The van der Waals surface area contributed by atoms with Crippen LogP contribution in [0.2, 0.25) is 5.02 Å². The maximum absolute atomic E-state index is 6.04. The first kappa shape index (κ1) is 13.3. The normalized spacial score (nSPS) is 18.6. The van der Waals surface area contributed by atoms with Crippen LogP contribution in [0.3, 0.4) is 0 Å². The van der Waals surface area contributed by atoms with Crippen molar-refractivity contribution in [2.45, 2.75) is 31.9 Å². The fourth-order valence-corrected chi connectivity index (χ4v) is 2.55. The van der Waals surface area contributed by atoms with Gasteiger partial charge >= 0.3 is 0 Å². The van der Waals surface area contributed by atoms with Gasteiger partial charge in [-0.3, -0.25) is 0 Å². The Kier molecular flexibility index (Phi) is 3.84. The van der Waals surface area contributed by atoms with Crippen LogP contribution < -0.4 is 5.73 Å². The highest BCUT2D eigenvalue weighted by molar-refractivity contribution is 6.33. The van der Waals surface area contributed by atoms with Crippen LogP contribution in [0.1, 0.15) is 19.3 Å². The summed E-state index contributed by atoms with van der Waals surface area (Å²) in [6.07, 6.45) is 3.49. The van der Waals surface area contributed by atoms with Crippen molar-refractivity contribution >= 4 is 17.3 Å². The van der Waals surface area contributed by atoms with Crippen molar-refractivity contribution in [3.8, 4) is 11.4 Å². The molecule has 2 N–H and O–H groups in total. The largest absolute Gasteiger partial charge is 0.398 e. The van der Waals surface area contributed by atoms with Gasteiger partial charge in [-0.15, -0.1) is 5.10 Å². The molecule has 7 heteroatoms. The van der Waals surface area contributed by atoms with Gasteiger partial charge in [-0.05, 0) is 47.9 Å². The molecule has 0 aliphatic carbocycles. The summed E-state index contributed by atoms with van der Waals surface area (Å²) in [4.78, 5) is 0. The smallest absolute Gasteiger partial charge is 0.182 e. The standard InChI is InChI=1S/C13H16ClN5O/c14-11-8-9(3-4-12(11)15)13-16-17-18-19(13)6-5-10-2-1-7-20-10/h3-4,8,10H,1-2,5-7,15H2. The topological polar surface area (TPSA) is 78.9 Å². The summed E-state index contributed by atoms with van der Waals surface area (Å²) in [7, 11) is 0. The predicted octanol–water partition coefficient (Wildman–Crippen LogP) is 2.14. The number of rotatable bonds is 4. The van der Waals surface area contributed by atoms with Crippen molar-refractivity contribution in [1.29, 1.82) is 0 Å². The van der Waals surface area contributed by atoms with E-state index in [0.29, 0.717) is 22.6 Å². The molecule has 1 aliphatic heterocycles. The van der Waals surface area contributed by atoms with Crippen molar-refractivity contribution in [3.63, 3.8) is 0 Å². The zero-order valence-electron chi connectivity index (χ0n) is 11.0. The highest BCUT2D eigenvalue weighted by Crippen LogP contribution is 2.25. The predicted molar refractivity (Wildman–Crippen MR) is 76.3 cm³/mol. The van der Waals surface area contributed by atoms with Crippen LogP contribution in [0.5, 0.6) is 0 Å². The van der Waals surface area contributed by atoms with Crippen LogP contribution in [0.4, 0.5) is 5.69 Å². The number of nitrogens with two attached hydrogens (primary N) is 1. The highest BCUT2D eigenvalue weighted by Gasteiger charge is 2.17. The quantitative estimate of drug-likeness (QED) is 0.874. The first-order chi connectivity index (χ1) is 9.74. The number of nitrogens with zero attached hydrogens (tertiary/aromatic N) is 4. The van der Waals surface area contributed by atoms with Crippen LogP contribution in [-0.4, -0.2) is 32.9 Å². The molecule has 1 aromatic heterocycles. The summed E-state index contributed by atoms with van der Waals surface area (Å²) < 4.78 is 7.39. The van der Waals surface area contributed by atoms with E-state index >= 15 is 0 Å². The van der Waals surface area contributed by atoms with Gasteiger partial charge in [0.05, 0.1) is 16.8 Å². The molecule has 0 amide bonds. The Balaban J connectivity index is 1.76. The summed E-state index contributed by atoms with van der Waals surface area (Å²) in [5, 5.41) is 12.3. The summed E-state index contributed by atoms with van der Waals surface area (Å²) in [5.74, 6) is 0.699. The van der Waals surface area contributed by atoms with E-state index in [4.69, 9.17) is 22.1 Å².